The summed E-state index contributed by atoms with van der Waals surface area (Å²) >= 11 is 0. The summed E-state index contributed by atoms with van der Waals surface area (Å²) < 4.78 is 55.8. The molecule has 0 saturated carbocycles. The number of fused-ring (bicyclic) bond motifs is 1. The van der Waals surface area contributed by atoms with E-state index in [1.807, 2.05) is 0 Å². The first kappa shape index (κ1) is 48.5. The van der Waals surface area contributed by atoms with Crippen LogP contribution in [0.15, 0.2) is 18.2 Å². The monoisotopic (exact) mass is 827 g/mol. The highest BCUT2D eigenvalue weighted by Gasteiger charge is 2.45. The second-order valence-electron chi connectivity index (χ2n) is 14.7. The van der Waals surface area contributed by atoms with Gasteiger partial charge in [-0.2, -0.15) is 0 Å². The Hall–Kier alpha value is -2.88. The number of ether oxygens (including phenoxy) is 9. The summed E-state index contributed by atoms with van der Waals surface area (Å²) in [5, 5.41) is 5.54. The molecule has 57 heavy (non-hydrogen) atoms. The molecule has 18 heteroatoms. The fraction of sp³-hybridized carbons (Fsp3) is 0.744. The van der Waals surface area contributed by atoms with Gasteiger partial charge in [-0.3, -0.25) is 29.4 Å². The molecule has 2 aliphatic heterocycles. The van der Waals surface area contributed by atoms with Gasteiger partial charge < -0.3 is 52.4 Å². The first-order chi connectivity index (χ1) is 27.4. The van der Waals surface area contributed by atoms with E-state index >= 15 is 0 Å². The van der Waals surface area contributed by atoms with Crippen LogP contribution in [0.1, 0.15) is 54.3 Å². The van der Waals surface area contributed by atoms with E-state index in [4.69, 9.17) is 47.1 Å². The van der Waals surface area contributed by atoms with Crippen LogP contribution in [-0.2, 0) is 56.6 Å². The van der Waals surface area contributed by atoms with Crippen molar-refractivity contribution in [2.24, 2.45) is 0 Å². The van der Waals surface area contributed by atoms with Crippen LogP contribution in [0.4, 0.5) is 5.69 Å². The van der Waals surface area contributed by atoms with Crippen LogP contribution in [0.2, 0.25) is 18.1 Å². The van der Waals surface area contributed by atoms with E-state index in [1.54, 1.807) is 18.2 Å². The molecule has 1 aromatic rings. The Bertz CT molecular complexity index is 1360. The number of piperidine rings is 1. The Morgan fingerprint density at radius 2 is 1.05 bits per heavy atom. The Labute approximate surface area is 338 Å². The molecule has 2 aliphatic rings. The molecular formula is C39H65N3O14Si. The molecule has 0 aromatic heterocycles. The van der Waals surface area contributed by atoms with E-state index in [1.165, 1.54) is 0 Å². The minimum atomic E-state index is -1.72. The third-order valence-electron chi connectivity index (χ3n) is 9.50. The summed E-state index contributed by atoms with van der Waals surface area (Å²) in [6.07, 6.45) is 0.171. The number of anilines is 1. The molecule has 4 amide bonds. The number of carbonyl (C=O) groups excluding carboxylic acids is 4. The number of benzene rings is 1. The number of nitrogens with one attached hydrogen (secondary N) is 2. The van der Waals surface area contributed by atoms with Gasteiger partial charge in [-0.1, -0.05) is 26.8 Å². The van der Waals surface area contributed by atoms with Crippen molar-refractivity contribution in [3.05, 3.63) is 29.3 Å². The van der Waals surface area contributed by atoms with Crippen molar-refractivity contribution in [1.29, 1.82) is 0 Å². The lowest BCUT2D eigenvalue weighted by atomic mass is 10.0. The van der Waals surface area contributed by atoms with Crippen molar-refractivity contribution in [3.63, 3.8) is 0 Å². The van der Waals surface area contributed by atoms with Crippen molar-refractivity contribution >= 4 is 37.6 Å². The summed E-state index contributed by atoms with van der Waals surface area (Å²) in [5.74, 6) is -2.16. The fourth-order valence-corrected chi connectivity index (χ4v) is 6.38. The zero-order valence-electron chi connectivity index (χ0n) is 34.5. The molecule has 1 unspecified atom stereocenters. The quantitative estimate of drug-likeness (QED) is 0.0598. The Morgan fingerprint density at radius 3 is 1.47 bits per heavy atom. The van der Waals surface area contributed by atoms with Gasteiger partial charge in [0, 0.05) is 18.7 Å². The lowest BCUT2D eigenvalue weighted by Gasteiger charge is -2.36. The van der Waals surface area contributed by atoms with E-state index in [0.29, 0.717) is 138 Å². The molecule has 2 N–H and O–H groups in total. The summed E-state index contributed by atoms with van der Waals surface area (Å²) in [5.41, 5.74) is 0.911. The highest BCUT2D eigenvalue weighted by Crippen LogP contribution is 2.36. The van der Waals surface area contributed by atoms with E-state index in [0.717, 1.165) is 4.90 Å². The second-order valence-corrected chi connectivity index (χ2v) is 19.5. The van der Waals surface area contributed by atoms with Gasteiger partial charge in [-0.05, 0) is 36.7 Å². The topological polar surface area (TPSA) is 188 Å². The average molecular weight is 828 g/mol. The van der Waals surface area contributed by atoms with E-state index in [-0.39, 0.29) is 29.0 Å². The predicted molar refractivity (Wildman–Crippen MR) is 212 cm³/mol. The molecule has 1 fully saturated rings. The van der Waals surface area contributed by atoms with Gasteiger partial charge in [-0.15, -0.1) is 0 Å². The average Bonchev–Trinajstić information content (AvgIpc) is 3.42. The largest absolute Gasteiger partial charge is 0.414 e. The van der Waals surface area contributed by atoms with Gasteiger partial charge in [0.1, 0.15) is 6.04 Å². The highest BCUT2D eigenvalue weighted by molar-refractivity contribution is 6.74. The molecule has 1 aromatic carbocycles. The smallest absolute Gasteiger partial charge is 0.264 e. The Balaban J connectivity index is 1.01. The van der Waals surface area contributed by atoms with Crippen molar-refractivity contribution in [2.45, 2.75) is 57.8 Å². The molecular weight excluding hydrogens is 763 g/mol. The third kappa shape index (κ3) is 17.9. The summed E-state index contributed by atoms with van der Waals surface area (Å²) in [7, 11) is -1.72. The molecule has 3 rings (SSSR count). The van der Waals surface area contributed by atoms with Crippen LogP contribution >= 0.6 is 0 Å². The minimum Gasteiger partial charge on any atom is -0.414 e. The molecule has 0 spiro atoms. The first-order valence-corrected chi connectivity index (χ1v) is 22.8. The maximum absolute atomic E-state index is 13.2. The highest BCUT2D eigenvalue weighted by atomic mass is 28.4. The van der Waals surface area contributed by atoms with Crippen molar-refractivity contribution in [2.75, 3.05) is 137 Å². The van der Waals surface area contributed by atoms with E-state index < -0.39 is 38.0 Å². The predicted octanol–water partition coefficient (Wildman–Crippen LogP) is 2.67. The van der Waals surface area contributed by atoms with Gasteiger partial charge in [0.05, 0.1) is 137 Å². The standard InChI is InChI=1S/C39H65N3O14Si/c1-39(2,3)57(4,5)56-30-29-55-28-27-54-26-25-53-24-23-52-22-21-51-20-19-50-18-17-49-16-15-48-14-13-47-12-11-40-32-8-6-7-31-35(32)38(46)42(37(31)45)33-9-10-34(43)41-36(33)44/h6-8,33,40H,9-30H2,1-5H3,(H,41,43,44). The maximum Gasteiger partial charge on any atom is 0.264 e. The number of hydrogen-bond acceptors (Lipinski definition) is 15. The van der Waals surface area contributed by atoms with E-state index in [9.17, 15) is 19.2 Å². The van der Waals surface area contributed by atoms with Gasteiger partial charge in [0.15, 0.2) is 8.32 Å². The molecule has 0 aliphatic carbocycles. The second kappa shape index (κ2) is 27.0. The Morgan fingerprint density at radius 1 is 0.632 bits per heavy atom. The molecule has 0 bridgehead atoms. The molecule has 1 atom stereocenters. The summed E-state index contributed by atoms with van der Waals surface area (Å²) in [6.45, 7) is 20.6. The number of imide groups is 2. The third-order valence-corrected chi connectivity index (χ3v) is 14.0. The molecule has 17 nitrogen and oxygen atoms in total. The zero-order valence-corrected chi connectivity index (χ0v) is 35.5. The fourth-order valence-electron chi connectivity index (χ4n) is 5.35. The summed E-state index contributed by atoms with van der Waals surface area (Å²) in [4.78, 5) is 50.9. The number of hydrogen-bond donors (Lipinski definition) is 2. The number of carbonyl (C=O) groups is 4. The van der Waals surface area contributed by atoms with Gasteiger partial charge in [0.2, 0.25) is 11.8 Å². The number of rotatable bonds is 33. The minimum absolute atomic E-state index is 0.0664. The van der Waals surface area contributed by atoms with E-state index in [2.05, 4.69) is 44.5 Å². The van der Waals surface area contributed by atoms with Crippen LogP contribution in [0.3, 0.4) is 0 Å². The maximum atomic E-state index is 13.2. The SMILES string of the molecule is CC(C)(C)[Si](C)(C)OCCOCCOCCOCCOCCOCCOCCOCCOCCOCCNc1cccc2c1C(=O)N(C1CCC(=O)NC1=O)C2=O. The molecule has 0 radical (unpaired) electrons. The van der Waals surface area contributed by atoms with Crippen LogP contribution in [0.5, 0.6) is 0 Å². The van der Waals surface area contributed by atoms with Crippen LogP contribution in [0.25, 0.3) is 0 Å². The van der Waals surface area contributed by atoms with Crippen LogP contribution in [-0.4, -0.2) is 175 Å². The van der Waals surface area contributed by atoms with Crippen LogP contribution in [0, 0.1) is 0 Å². The van der Waals surface area contributed by atoms with Gasteiger partial charge >= 0.3 is 0 Å². The Kier molecular flexibility index (Phi) is 23.0. The van der Waals surface area contributed by atoms with Crippen molar-refractivity contribution < 1.29 is 66.2 Å². The molecule has 324 valence electrons. The lowest BCUT2D eigenvalue weighted by Crippen LogP contribution is -2.54. The lowest BCUT2D eigenvalue weighted by molar-refractivity contribution is -0.136. The van der Waals surface area contributed by atoms with Gasteiger partial charge in [-0.25, -0.2) is 0 Å². The van der Waals surface area contributed by atoms with Crippen LogP contribution < -0.4 is 10.6 Å². The van der Waals surface area contributed by atoms with Crippen molar-refractivity contribution in [3.8, 4) is 0 Å². The summed E-state index contributed by atoms with van der Waals surface area (Å²) in [6, 6.07) is 3.91. The number of amides is 4. The first-order valence-electron chi connectivity index (χ1n) is 19.9. The normalized spacial score (nSPS) is 16.1. The molecule has 1 saturated heterocycles. The van der Waals surface area contributed by atoms with Gasteiger partial charge in [0.25, 0.3) is 11.8 Å². The molecule has 2 heterocycles. The van der Waals surface area contributed by atoms with Crippen molar-refractivity contribution in [1.82, 2.24) is 10.2 Å². The zero-order chi connectivity index (χ0) is 41.4. The number of nitrogens with zero attached hydrogens (tertiary/aromatic N) is 1.